The molecule has 3 rings (SSSR count). The zero-order valence-corrected chi connectivity index (χ0v) is 13.6. The summed E-state index contributed by atoms with van der Waals surface area (Å²) >= 11 is 0. The molecule has 2 aromatic carbocycles. The number of rotatable bonds is 2. The molecule has 0 bridgehead atoms. The molecule has 5 nitrogen and oxygen atoms in total. The van der Waals surface area contributed by atoms with Gasteiger partial charge in [0.2, 0.25) is 11.9 Å². The van der Waals surface area contributed by atoms with E-state index < -0.39 is 40.5 Å². The zero-order chi connectivity index (χ0) is 20.9. The van der Waals surface area contributed by atoms with Crippen LogP contribution in [0.5, 0.6) is 0 Å². The van der Waals surface area contributed by atoms with Crippen molar-refractivity contribution in [1.82, 2.24) is 14.8 Å². The SMILES string of the molecule is Nc1nc(N)n(-c2cc(F)c(-c3ccc(C(F)(F)F)cc3)c(C(F)(F)F)c2)n1. The number of halogens is 7. The Kier molecular flexibility index (Phi) is 4.44. The van der Waals surface area contributed by atoms with Gasteiger partial charge in [-0.25, -0.2) is 4.39 Å². The highest BCUT2D eigenvalue weighted by atomic mass is 19.4. The topological polar surface area (TPSA) is 82.7 Å². The lowest BCUT2D eigenvalue weighted by Gasteiger charge is -2.17. The Hall–Kier alpha value is -3.31. The van der Waals surface area contributed by atoms with Crippen LogP contribution in [-0.4, -0.2) is 14.8 Å². The second-order valence-electron chi connectivity index (χ2n) is 5.66. The van der Waals surface area contributed by atoms with Gasteiger partial charge in [0, 0.05) is 11.6 Å². The lowest BCUT2D eigenvalue weighted by Crippen LogP contribution is -2.12. The second kappa shape index (κ2) is 6.39. The average molecular weight is 405 g/mol. The molecule has 0 aliphatic rings. The van der Waals surface area contributed by atoms with Gasteiger partial charge in [-0.3, -0.25) is 0 Å². The number of aromatic nitrogens is 3. The predicted octanol–water partition coefficient (Wildman–Crippen LogP) is 4.28. The molecule has 12 heteroatoms. The molecule has 3 aromatic rings. The maximum atomic E-state index is 14.6. The monoisotopic (exact) mass is 405 g/mol. The van der Waals surface area contributed by atoms with Crippen LogP contribution in [0.3, 0.4) is 0 Å². The van der Waals surface area contributed by atoms with E-state index in [-0.39, 0.29) is 17.5 Å². The summed E-state index contributed by atoms with van der Waals surface area (Å²) in [6.07, 6.45) is -9.70. The van der Waals surface area contributed by atoms with Gasteiger partial charge in [-0.1, -0.05) is 12.1 Å². The quantitative estimate of drug-likeness (QED) is 0.624. The molecule has 0 aliphatic carbocycles. The molecule has 148 valence electrons. The number of hydrogen-bond acceptors (Lipinski definition) is 4. The molecule has 0 spiro atoms. The fraction of sp³-hybridized carbons (Fsp3) is 0.125. The predicted molar refractivity (Wildman–Crippen MR) is 85.6 cm³/mol. The van der Waals surface area contributed by atoms with Gasteiger partial charge < -0.3 is 11.5 Å². The molecular formula is C16H10F7N5. The van der Waals surface area contributed by atoms with E-state index in [0.717, 1.165) is 12.1 Å². The van der Waals surface area contributed by atoms with Gasteiger partial charge in [0.25, 0.3) is 0 Å². The van der Waals surface area contributed by atoms with Crippen molar-refractivity contribution >= 4 is 11.9 Å². The standard InChI is InChI=1S/C16H10F7N5/c17-11-6-9(28-14(25)26-13(24)27-28)5-10(16(21,22)23)12(11)7-1-3-8(4-2-7)15(18,19)20/h1-6H,(H4,24,25,26,27). The van der Waals surface area contributed by atoms with Crippen LogP contribution in [0.1, 0.15) is 11.1 Å². The van der Waals surface area contributed by atoms with Crippen LogP contribution in [0.15, 0.2) is 36.4 Å². The van der Waals surface area contributed by atoms with E-state index in [4.69, 9.17) is 11.5 Å². The highest BCUT2D eigenvalue weighted by molar-refractivity contribution is 5.71. The fourth-order valence-corrected chi connectivity index (χ4v) is 2.59. The van der Waals surface area contributed by atoms with E-state index in [1.54, 1.807) is 0 Å². The van der Waals surface area contributed by atoms with Crippen LogP contribution in [0.25, 0.3) is 16.8 Å². The number of hydrogen-bond donors (Lipinski definition) is 2. The molecule has 0 radical (unpaired) electrons. The van der Waals surface area contributed by atoms with Gasteiger partial charge in [0.1, 0.15) is 5.82 Å². The van der Waals surface area contributed by atoms with Crippen LogP contribution >= 0.6 is 0 Å². The summed E-state index contributed by atoms with van der Waals surface area (Å²) in [5.41, 5.74) is 6.62. The molecule has 0 saturated heterocycles. The van der Waals surface area contributed by atoms with Gasteiger partial charge in [-0.05, 0) is 23.8 Å². The van der Waals surface area contributed by atoms with Crippen molar-refractivity contribution in [2.75, 3.05) is 11.5 Å². The Balaban J connectivity index is 2.20. The van der Waals surface area contributed by atoms with Crippen LogP contribution in [0.2, 0.25) is 0 Å². The Labute approximate surface area is 152 Å². The van der Waals surface area contributed by atoms with E-state index in [2.05, 4.69) is 10.1 Å². The highest BCUT2D eigenvalue weighted by Crippen LogP contribution is 2.41. The lowest BCUT2D eigenvalue weighted by atomic mass is 9.96. The molecule has 0 unspecified atom stereocenters. The summed E-state index contributed by atoms with van der Waals surface area (Å²) in [5.74, 6) is -2.04. The van der Waals surface area contributed by atoms with E-state index in [9.17, 15) is 30.7 Å². The Morgan fingerprint density at radius 1 is 0.857 bits per heavy atom. The average Bonchev–Trinajstić information content (AvgIpc) is 2.91. The largest absolute Gasteiger partial charge is 0.417 e. The minimum Gasteiger partial charge on any atom is -0.368 e. The van der Waals surface area contributed by atoms with Crippen molar-refractivity contribution in [3.05, 3.63) is 53.3 Å². The van der Waals surface area contributed by atoms with Crippen molar-refractivity contribution in [1.29, 1.82) is 0 Å². The summed E-state index contributed by atoms with van der Waals surface area (Å²) in [7, 11) is 0. The molecule has 4 N–H and O–H groups in total. The Morgan fingerprint density at radius 3 is 1.93 bits per heavy atom. The van der Waals surface area contributed by atoms with Crippen molar-refractivity contribution < 1.29 is 30.7 Å². The first-order chi connectivity index (χ1) is 12.9. The number of anilines is 2. The maximum Gasteiger partial charge on any atom is 0.417 e. The molecule has 0 fully saturated rings. The summed E-state index contributed by atoms with van der Waals surface area (Å²) in [6.45, 7) is 0. The third-order valence-electron chi connectivity index (χ3n) is 3.77. The normalized spacial score (nSPS) is 12.4. The first-order valence-electron chi connectivity index (χ1n) is 7.44. The summed E-state index contributed by atoms with van der Waals surface area (Å²) < 4.78 is 93.9. The fourth-order valence-electron chi connectivity index (χ4n) is 2.59. The van der Waals surface area contributed by atoms with Crippen molar-refractivity contribution in [2.45, 2.75) is 12.4 Å². The number of alkyl halides is 6. The van der Waals surface area contributed by atoms with Crippen molar-refractivity contribution in [3.63, 3.8) is 0 Å². The molecule has 28 heavy (non-hydrogen) atoms. The van der Waals surface area contributed by atoms with Gasteiger partial charge in [-0.2, -0.15) is 36.0 Å². The molecule has 1 heterocycles. The maximum absolute atomic E-state index is 14.6. The molecule has 0 atom stereocenters. The van der Waals surface area contributed by atoms with Gasteiger partial charge in [-0.15, -0.1) is 5.10 Å². The van der Waals surface area contributed by atoms with E-state index in [0.29, 0.717) is 28.9 Å². The Morgan fingerprint density at radius 2 is 1.46 bits per heavy atom. The lowest BCUT2D eigenvalue weighted by molar-refractivity contribution is -0.138. The smallest absolute Gasteiger partial charge is 0.368 e. The van der Waals surface area contributed by atoms with Gasteiger partial charge in [0.05, 0.1) is 16.8 Å². The Bertz CT molecular complexity index is 1020. The van der Waals surface area contributed by atoms with Crippen LogP contribution < -0.4 is 11.5 Å². The summed E-state index contributed by atoms with van der Waals surface area (Å²) in [6, 6.07) is 3.92. The van der Waals surface area contributed by atoms with Crippen molar-refractivity contribution in [3.8, 4) is 16.8 Å². The van der Waals surface area contributed by atoms with Crippen LogP contribution in [0, 0.1) is 5.82 Å². The molecule has 1 aromatic heterocycles. The number of nitrogens with two attached hydrogens (primary N) is 2. The number of benzene rings is 2. The first kappa shape index (κ1) is 19.5. The molecule has 0 amide bonds. The molecular weight excluding hydrogens is 395 g/mol. The van der Waals surface area contributed by atoms with E-state index >= 15 is 0 Å². The third-order valence-corrected chi connectivity index (χ3v) is 3.77. The van der Waals surface area contributed by atoms with Gasteiger partial charge >= 0.3 is 12.4 Å². The van der Waals surface area contributed by atoms with Crippen LogP contribution in [0.4, 0.5) is 42.6 Å². The number of nitrogen functional groups attached to an aromatic ring is 2. The third kappa shape index (κ3) is 3.57. The number of nitrogens with zero attached hydrogens (tertiary/aromatic N) is 3. The summed E-state index contributed by atoms with van der Waals surface area (Å²) in [5, 5.41) is 3.59. The van der Waals surface area contributed by atoms with E-state index in [1.165, 1.54) is 0 Å². The molecule has 0 aliphatic heterocycles. The zero-order valence-electron chi connectivity index (χ0n) is 13.6. The van der Waals surface area contributed by atoms with E-state index in [1.807, 2.05) is 0 Å². The minimum absolute atomic E-state index is 0.335. The van der Waals surface area contributed by atoms with Crippen LogP contribution in [-0.2, 0) is 12.4 Å². The second-order valence-corrected chi connectivity index (χ2v) is 5.66. The molecule has 0 saturated carbocycles. The van der Waals surface area contributed by atoms with Crippen molar-refractivity contribution in [2.24, 2.45) is 0 Å². The highest BCUT2D eigenvalue weighted by Gasteiger charge is 2.37. The minimum atomic E-state index is -5.02. The first-order valence-corrected chi connectivity index (χ1v) is 7.44. The van der Waals surface area contributed by atoms with Gasteiger partial charge in [0.15, 0.2) is 0 Å². The summed E-state index contributed by atoms with van der Waals surface area (Å²) in [4.78, 5) is 3.52.